The van der Waals surface area contributed by atoms with Gasteiger partial charge in [0.25, 0.3) is 0 Å². The summed E-state index contributed by atoms with van der Waals surface area (Å²) in [6.45, 7) is 6.89. The topological polar surface area (TPSA) is 172 Å². The lowest BCUT2D eigenvalue weighted by Crippen LogP contribution is -2.55. The second kappa shape index (κ2) is 20.9. The summed E-state index contributed by atoms with van der Waals surface area (Å²) in [5, 5.41) is 10.7. The minimum atomic E-state index is -4.62. The van der Waals surface area contributed by atoms with E-state index >= 15 is 0 Å². The number of nitrogens with one attached hydrogen (secondary N) is 4. The molecule has 0 aliphatic rings. The van der Waals surface area contributed by atoms with Crippen LogP contribution in [-0.4, -0.2) is 52.5 Å². The Morgan fingerprint density at radius 1 is 0.509 bits per heavy atom. The molecule has 0 saturated heterocycles. The van der Waals surface area contributed by atoms with Gasteiger partial charge in [0.15, 0.2) is 0 Å². The molecule has 0 fully saturated rings. The summed E-state index contributed by atoms with van der Waals surface area (Å²) in [4.78, 5) is 65.8. The molecule has 5 N–H and O–H groups in total. The van der Waals surface area contributed by atoms with Gasteiger partial charge in [-0.2, -0.15) is 0 Å². The van der Waals surface area contributed by atoms with Gasteiger partial charge in [0.1, 0.15) is 36.9 Å². The summed E-state index contributed by atoms with van der Waals surface area (Å²) in [5.74, 6) is -5.07. The van der Waals surface area contributed by atoms with Crippen LogP contribution in [0.5, 0.6) is 0 Å². The first-order valence-electron chi connectivity index (χ1n) is 18.3. The predicted molar refractivity (Wildman–Crippen MR) is 211 cm³/mol. The molecule has 0 radical (unpaired) electrons. The highest BCUT2D eigenvalue weighted by Gasteiger charge is 2.43. The minimum Gasteiger partial charge on any atom is -0.445 e. The normalized spacial score (nSPS) is 14.4. The predicted octanol–water partition coefficient (Wildman–Crippen LogP) is 6.53. The Morgan fingerprint density at radius 3 is 1.09 bits per heavy atom. The highest BCUT2D eigenvalue weighted by Crippen LogP contribution is 2.51. The average molecular weight is 771 g/mol. The molecule has 0 heterocycles. The van der Waals surface area contributed by atoms with Gasteiger partial charge >= 0.3 is 12.2 Å². The largest absolute Gasteiger partial charge is 0.445 e. The third-order valence-electron chi connectivity index (χ3n) is 8.93. The van der Waals surface area contributed by atoms with Crippen LogP contribution in [0, 0.1) is 11.8 Å². The van der Waals surface area contributed by atoms with Gasteiger partial charge in [-0.15, -0.1) is 0 Å². The third kappa shape index (κ3) is 13.4. The summed E-state index contributed by atoms with van der Waals surface area (Å²) in [7, 11) is -4.62. The Labute approximate surface area is 322 Å². The number of ether oxygens (including phenoxy) is 2. The first-order valence-corrected chi connectivity index (χ1v) is 20.1. The Bertz CT molecular complexity index is 1730. The van der Waals surface area contributed by atoms with E-state index in [1.807, 2.05) is 36.4 Å². The van der Waals surface area contributed by atoms with Crippen LogP contribution >= 0.6 is 7.37 Å². The average Bonchev–Trinajstić information content (AvgIpc) is 3.18. The molecule has 4 amide bonds. The summed E-state index contributed by atoms with van der Waals surface area (Å²) < 4.78 is 25.7. The highest BCUT2D eigenvalue weighted by molar-refractivity contribution is 7.59. The zero-order chi connectivity index (χ0) is 39.8. The molecule has 0 spiro atoms. The van der Waals surface area contributed by atoms with Gasteiger partial charge in [0, 0.05) is 12.8 Å². The fourth-order valence-corrected chi connectivity index (χ4v) is 7.81. The minimum absolute atomic E-state index is 0.0145. The summed E-state index contributed by atoms with van der Waals surface area (Å²) >= 11 is 0. The van der Waals surface area contributed by atoms with Crippen LogP contribution in [0.1, 0.15) is 49.9 Å². The molecule has 0 aromatic heterocycles. The molecule has 4 aromatic rings. The van der Waals surface area contributed by atoms with Crippen molar-refractivity contribution in [2.45, 2.75) is 77.4 Å². The smallest absolute Gasteiger partial charge is 0.408 e. The van der Waals surface area contributed by atoms with Gasteiger partial charge in [0.2, 0.25) is 19.2 Å². The number of rotatable bonds is 18. The van der Waals surface area contributed by atoms with Crippen LogP contribution in [0.25, 0.3) is 0 Å². The van der Waals surface area contributed by atoms with Crippen molar-refractivity contribution in [3.05, 3.63) is 144 Å². The summed E-state index contributed by atoms with van der Waals surface area (Å²) in [5.41, 5.74) is 2.84. The van der Waals surface area contributed by atoms with E-state index in [0.717, 1.165) is 11.1 Å². The van der Waals surface area contributed by atoms with Crippen molar-refractivity contribution in [2.24, 2.45) is 11.8 Å². The molecule has 13 heteroatoms. The van der Waals surface area contributed by atoms with Crippen LogP contribution in [0.4, 0.5) is 9.59 Å². The molecule has 4 aromatic carbocycles. The van der Waals surface area contributed by atoms with Crippen molar-refractivity contribution in [1.29, 1.82) is 0 Å². The first-order chi connectivity index (χ1) is 26.3. The molecule has 5 atom stereocenters. The molecule has 12 nitrogen and oxygen atoms in total. The monoisotopic (exact) mass is 770 g/mol. The van der Waals surface area contributed by atoms with E-state index in [9.17, 15) is 28.6 Å². The third-order valence-corrected chi connectivity index (χ3v) is 11.3. The van der Waals surface area contributed by atoms with Gasteiger partial charge < -0.3 is 35.6 Å². The zero-order valence-electron chi connectivity index (χ0n) is 31.6. The Kier molecular flexibility index (Phi) is 16.0. The maximum atomic E-state index is 14.9. The number of carbonyl (C=O) groups is 4. The lowest BCUT2D eigenvalue weighted by atomic mass is 10.0. The molecule has 4 rings (SSSR count). The summed E-state index contributed by atoms with van der Waals surface area (Å²) in [6.07, 6.45) is -1.79. The van der Waals surface area contributed by atoms with Crippen molar-refractivity contribution in [3.8, 4) is 0 Å². The number of hydrogen-bond donors (Lipinski definition) is 5. The van der Waals surface area contributed by atoms with Crippen molar-refractivity contribution >= 4 is 31.4 Å². The van der Waals surface area contributed by atoms with Gasteiger partial charge in [0.05, 0.1) is 0 Å². The molecule has 0 aliphatic carbocycles. The van der Waals surface area contributed by atoms with Crippen molar-refractivity contribution in [2.75, 3.05) is 0 Å². The Morgan fingerprint density at radius 2 is 0.800 bits per heavy atom. The van der Waals surface area contributed by atoms with E-state index in [-0.39, 0.29) is 26.1 Å². The van der Waals surface area contributed by atoms with E-state index in [0.29, 0.717) is 11.1 Å². The Hall–Kier alpha value is -5.45. The van der Waals surface area contributed by atoms with E-state index in [1.165, 1.54) is 0 Å². The molecule has 292 valence electrons. The van der Waals surface area contributed by atoms with E-state index in [2.05, 4.69) is 21.3 Å². The van der Waals surface area contributed by atoms with E-state index < -0.39 is 66.9 Å². The number of hydrogen-bond acceptors (Lipinski definition) is 7. The lowest BCUT2D eigenvalue weighted by molar-refractivity contribution is -0.124. The summed E-state index contributed by atoms with van der Waals surface area (Å²) in [6, 6.07) is 33.7. The SMILES string of the molecule is CC(C)[C@H](NC(=O)OCc1ccccc1)C(=O)N[C@@H](Cc1ccccc1)P(=O)(O)[C@@H](Cc1ccccc1)NC(=O)[C@H](NC(=O)OCc1ccccc1)C(C)C. The van der Waals surface area contributed by atoms with E-state index in [4.69, 9.17) is 9.47 Å². The van der Waals surface area contributed by atoms with Crippen molar-refractivity contribution in [1.82, 2.24) is 21.3 Å². The molecule has 0 saturated carbocycles. The van der Waals surface area contributed by atoms with Gasteiger partial charge in [-0.05, 0) is 34.1 Å². The Balaban J connectivity index is 1.58. The second-order valence-corrected chi connectivity index (χ2v) is 16.5. The number of amides is 4. The maximum absolute atomic E-state index is 14.9. The number of benzene rings is 4. The van der Waals surface area contributed by atoms with Crippen LogP contribution in [-0.2, 0) is 49.7 Å². The fraction of sp³-hybridized carbons (Fsp3) is 0.333. The van der Waals surface area contributed by atoms with Crippen LogP contribution in [0.2, 0.25) is 0 Å². The fourth-order valence-electron chi connectivity index (χ4n) is 5.80. The van der Waals surface area contributed by atoms with Gasteiger partial charge in [-0.3, -0.25) is 14.2 Å². The number of alkyl carbamates (subject to hydrolysis) is 2. The standard InChI is InChI=1S/C42H51N4O8P/c1-29(2)37(45-41(49)53-27-33-21-13-7-14-22-33)39(47)43-35(25-31-17-9-5-10-18-31)55(51,52)36(26-32-19-11-6-12-20-32)44-40(48)38(30(3)4)46-42(50)54-28-34-23-15-8-16-24-34/h5-24,29-30,35-38H,25-28H2,1-4H3,(H,43,47)(H,44,48)(H,45,49)(H,46,50)(H,51,52)/t35-,36+,37+,38-. The molecule has 0 aliphatic heterocycles. The zero-order valence-corrected chi connectivity index (χ0v) is 32.5. The first kappa shape index (κ1) is 42.3. The lowest BCUT2D eigenvalue weighted by Gasteiger charge is -2.34. The van der Waals surface area contributed by atoms with Crippen LogP contribution in [0.15, 0.2) is 121 Å². The second-order valence-electron chi connectivity index (χ2n) is 14.0. The molecule has 1 unspecified atom stereocenters. The quantitative estimate of drug-likeness (QED) is 0.0711. The molecular formula is C42H51N4O8P. The van der Waals surface area contributed by atoms with Crippen LogP contribution in [0.3, 0.4) is 0 Å². The van der Waals surface area contributed by atoms with E-state index in [1.54, 1.807) is 113 Å². The maximum Gasteiger partial charge on any atom is 0.408 e. The van der Waals surface area contributed by atoms with Gasteiger partial charge in [-0.25, -0.2) is 9.59 Å². The number of carbonyl (C=O) groups excluding carboxylic acids is 4. The van der Waals surface area contributed by atoms with Gasteiger partial charge in [-0.1, -0.05) is 149 Å². The highest BCUT2D eigenvalue weighted by atomic mass is 31.2. The molecule has 55 heavy (non-hydrogen) atoms. The molecular weight excluding hydrogens is 719 g/mol. The van der Waals surface area contributed by atoms with Crippen LogP contribution < -0.4 is 21.3 Å². The van der Waals surface area contributed by atoms with Crippen molar-refractivity contribution in [3.63, 3.8) is 0 Å². The van der Waals surface area contributed by atoms with Crippen molar-refractivity contribution < 1.29 is 38.1 Å². The molecule has 0 bridgehead atoms.